The highest BCUT2D eigenvalue weighted by molar-refractivity contribution is 4.61. The normalized spacial score (nSPS) is 13.6. The van der Waals surface area contributed by atoms with E-state index in [1.54, 1.807) is 0 Å². The molecule has 0 amide bonds. The summed E-state index contributed by atoms with van der Waals surface area (Å²) in [5, 5.41) is 0. The zero-order chi connectivity index (χ0) is 34.8. The fourth-order valence-corrected chi connectivity index (χ4v) is 6.53. The van der Waals surface area contributed by atoms with E-state index in [1.165, 1.54) is 128 Å². The Labute approximate surface area is 293 Å². The van der Waals surface area contributed by atoms with Crippen LogP contribution in [0.15, 0.2) is 0 Å². The lowest BCUT2D eigenvalue weighted by Gasteiger charge is -2.18. The molecule has 4 atom stereocenters. The van der Waals surface area contributed by atoms with E-state index in [-0.39, 0.29) is 7.43 Å². The lowest BCUT2D eigenvalue weighted by atomic mass is 9.88. The number of rotatable bonds is 24. The van der Waals surface area contributed by atoms with Crippen LogP contribution in [-0.4, -0.2) is 0 Å². The highest BCUT2D eigenvalue weighted by Crippen LogP contribution is 2.22. The molecule has 0 aliphatic rings. The maximum atomic E-state index is 2.40. The predicted molar refractivity (Wildman–Crippen MR) is 218 cm³/mol. The van der Waals surface area contributed by atoms with Gasteiger partial charge in [0.2, 0.25) is 0 Å². The Balaban J connectivity index is -0.000000157. The fourth-order valence-electron chi connectivity index (χ4n) is 6.53. The van der Waals surface area contributed by atoms with Crippen molar-refractivity contribution >= 4 is 0 Å². The van der Waals surface area contributed by atoms with E-state index >= 15 is 0 Å². The summed E-state index contributed by atoms with van der Waals surface area (Å²) in [5.41, 5.74) is 0. The largest absolute Gasteiger partial charge is 0.0776 e. The molecule has 0 aromatic rings. The average Bonchev–Trinajstić information content (AvgIpc) is 2.89. The molecular weight excluding hydrogens is 540 g/mol. The number of unbranched alkanes of at least 4 members (excludes halogenated alkanes) is 6. The zero-order valence-corrected chi connectivity index (χ0v) is 34.8. The molecule has 0 spiro atoms. The fraction of sp³-hybridized carbons (Fsp3) is 1.00. The van der Waals surface area contributed by atoms with Crippen LogP contribution in [0.3, 0.4) is 0 Å². The maximum Gasteiger partial charge on any atom is -0.0438 e. The Bertz CT molecular complexity index is 472. The van der Waals surface area contributed by atoms with E-state index in [1.807, 2.05) is 0 Å². The molecule has 0 bridgehead atoms. The summed E-state index contributed by atoms with van der Waals surface area (Å²) in [6, 6.07) is 0. The van der Waals surface area contributed by atoms with Crippen molar-refractivity contribution in [2.24, 2.45) is 47.3 Å². The molecule has 0 saturated carbocycles. The predicted octanol–water partition coefficient (Wildman–Crippen LogP) is 17.6. The van der Waals surface area contributed by atoms with Gasteiger partial charge in [0, 0.05) is 0 Å². The molecule has 0 aliphatic heterocycles. The van der Waals surface area contributed by atoms with Gasteiger partial charge >= 0.3 is 0 Å². The molecule has 4 unspecified atom stereocenters. The molecule has 0 heteroatoms. The van der Waals surface area contributed by atoms with Gasteiger partial charge in [0.15, 0.2) is 0 Å². The molecule has 0 heterocycles. The van der Waals surface area contributed by atoms with E-state index in [0.29, 0.717) is 0 Å². The van der Waals surface area contributed by atoms with Crippen LogP contribution in [0.5, 0.6) is 0 Å². The second kappa shape index (κ2) is 42.0. The van der Waals surface area contributed by atoms with Gasteiger partial charge in [-0.05, 0) is 66.6 Å². The lowest BCUT2D eigenvalue weighted by molar-refractivity contribution is 0.342. The molecule has 0 aromatic carbocycles. The van der Waals surface area contributed by atoms with Crippen LogP contribution in [-0.2, 0) is 0 Å². The molecule has 280 valence electrons. The van der Waals surface area contributed by atoms with Crippen molar-refractivity contribution in [1.82, 2.24) is 0 Å². The molecular formula is C45H100. The molecule has 0 saturated heterocycles. The molecule has 0 fully saturated rings. The first-order valence-corrected chi connectivity index (χ1v) is 20.7. The van der Waals surface area contributed by atoms with E-state index < -0.39 is 0 Å². The SMILES string of the molecule is C.CCCC(C)CC(C)CC(C)C.CCCC(C)CCCC(C)C.CCCCCC(C)CC(C)C.CCCCCCCC(C)C. The molecule has 0 rings (SSSR count). The van der Waals surface area contributed by atoms with Crippen molar-refractivity contribution in [3.05, 3.63) is 0 Å². The van der Waals surface area contributed by atoms with Crippen molar-refractivity contribution in [1.29, 1.82) is 0 Å². The molecule has 0 aliphatic carbocycles. The zero-order valence-electron chi connectivity index (χ0n) is 34.8. The first-order valence-electron chi connectivity index (χ1n) is 20.7. The van der Waals surface area contributed by atoms with Gasteiger partial charge in [-0.15, -0.1) is 0 Å². The number of hydrogen-bond acceptors (Lipinski definition) is 0. The van der Waals surface area contributed by atoms with Crippen LogP contribution in [0.4, 0.5) is 0 Å². The Hall–Kier alpha value is 0. The van der Waals surface area contributed by atoms with Crippen LogP contribution in [0, 0.1) is 47.3 Å². The maximum absolute atomic E-state index is 2.40. The first kappa shape index (κ1) is 54.5. The summed E-state index contributed by atoms with van der Waals surface area (Å²) in [5.74, 6) is 7.31. The third-order valence-electron chi connectivity index (χ3n) is 8.78. The Morgan fingerprint density at radius 1 is 0.267 bits per heavy atom. The minimum atomic E-state index is 0. The Morgan fingerprint density at radius 2 is 0.622 bits per heavy atom. The van der Waals surface area contributed by atoms with Crippen LogP contribution in [0.2, 0.25) is 0 Å². The second-order valence-corrected chi connectivity index (χ2v) is 16.9. The topological polar surface area (TPSA) is 0 Å². The summed E-state index contributed by atoms with van der Waals surface area (Å²) in [6.45, 7) is 37.1. The van der Waals surface area contributed by atoms with Crippen LogP contribution in [0.1, 0.15) is 247 Å². The quantitative estimate of drug-likeness (QED) is 0.0921. The average molecular weight is 641 g/mol. The van der Waals surface area contributed by atoms with Gasteiger partial charge in [0.05, 0.1) is 0 Å². The lowest BCUT2D eigenvalue weighted by Crippen LogP contribution is -2.05. The molecule has 0 aromatic heterocycles. The van der Waals surface area contributed by atoms with Crippen molar-refractivity contribution in [3.63, 3.8) is 0 Å². The van der Waals surface area contributed by atoms with E-state index in [2.05, 4.69) is 111 Å². The third kappa shape index (κ3) is 59.9. The smallest absolute Gasteiger partial charge is 0.0438 e. The molecule has 0 nitrogen and oxygen atoms in total. The van der Waals surface area contributed by atoms with Crippen molar-refractivity contribution in [2.45, 2.75) is 247 Å². The van der Waals surface area contributed by atoms with E-state index in [4.69, 9.17) is 0 Å². The summed E-state index contributed by atoms with van der Waals surface area (Å²) < 4.78 is 0. The molecule has 45 heavy (non-hydrogen) atoms. The molecule has 0 radical (unpaired) electrons. The minimum Gasteiger partial charge on any atom is -0.0776 e. The van der Waals surface area contributed by atoms with Crippen LogP contribution < -0.4 is 0 Å². The van der Waals surface area contributed by atoms with Crippen LogP contribution in [0.25, 0.3) is 0 Å². The summed E-state index contributed by atoms with van der Waals surface area (Å²) in [4.78, 5) is 0. The van der Waals surface area contributed by atoms with Gasteiger partial charge in [-0.1, -0.05) is 227 Å². The van der Waals surface area contributed by atoms with Gasteiger partial charge in [0.1, 0.15) is 0 Å². The van der Waals surface area contributed by atoms with Gasteiger partial charge in [-0.2, -0.15) is 0 Å². The minimum absolute atomic E-state index is 0. The Kier molecular flexibility index (Phi) is 50.8. The first-order chi connectivity index (χ1) is 20.7. The highest BCUT2D eigenvalue weighted by Gasteiger charge is 2.09. The summed E-state index contributed by atoms with van der Waals surface area (Å²) in [7, 11) is 0. The van der Waals surface area contributed by atoms with Gasteiger partial charge in [-0.3, -0.25) is 0 Å². The van der Waals surface area contributed by atoms with Crippen LogP contribution >= 0.6 is 0 Å². The van der Waals surface area contributed by atoms with Crippen molar-refractivity contribution < 1.29 is 0 Å². The monoisotopic (exact) mass is 641 g/mol. The molecule has 0 N–H and O–H groups in total. The third-order valence-corrected chi connectivity index (χ3v) is 8.78. The van der Waals surface area contributed by atoms with Crippen molar-refractivity contribution in [2.75, 3.05) is 0 Å². The van der Waals surface area contributed by atoms with Gasteiger partial charge < -0.3 is 0 Å². The number of hydrogen-bond donors (Lipinski definition) is 0. The van der Waals surface area contributed by atoms with E-state index in [9.17, 15) is 0 Å². The summed E-state index contributed by atoms with van der Waals surface area (Å²) >= 11 is 0. The summed E-state index contributed by atoms with van der Waals surface area (Å²) in [6.07, 6.45) is 28.2. The van der Waals surface area contributed by atoms with E-state index in [0.717, 1.165) is 47.3 Å². The van der Waals surface area contributed by atoms with Gasteiger partial charge in [0.25, 0.3) is 0 Å². The standard InChI is InChI=1S/C12H26.2C11H24.C10H22.CH4/c1-6-7-11(4)9-12(5)8-10(2)3;1-5-7-11(4)9-6-8-10(2)3;1-5-6-7-8-11(4)9-10(2)3;1-4-5-6-7-8-9-10(2)3;/h10-12H,6-9H2,1-5H3;2*10-11H,5-9H2,1-4H3;10H,4-9H2,1-3H3;1H4. The Morgan fingerprint density at radius 3 is 1.07 bits per heavy atom. The highest BCUT2D eigenvalue weighted by atomic mass is 14.2. The van der Waals surface area contributed by atoms with Gasteiger partial charge in [-0.25, -0.2) is 0 Å². The second-order valence-electron chi connectivity index (χ2n) is 16.9. The van der Waals surface area contributed by atoms with Crippen molar-refractivity contribution in [3.8, 4) is 0 Å².